The van der Waals surface area contributed by atoms with Crippen LogP contribution >= 0.6 is 11.8 Å². The molecule has 3 rings (SSSR count). The topological polar surface area (TPSA) is 96.8 Å². The molecule has 150 valence electrons. The molecule has 8 heteroatoms. The number of ketones is 1. The Morgan fingerprint density at radius 3 is 2.52 bits per heavy atom. The molecule has 1 aromatic heterocycles. The van der Waals surface area contributed by atoms with Crippen LogP contribution in [0.5, 0.6) is 0 Å². The van der Waals surface area contributed by atoms with Crippen molar-refractivity contribution in [1.82, 2.24) is 14.8 Å². The summed E-state index contributed by atoms with van der Waals surface area (Å²) in [5.74, 6) is 0.0103. The highest BCUT2D eigenvalue weighted by molar-refractivity contribution is 7.99. The summed E-state index contributed by atoms with van der Waals surface area (Å²) in [6.45, 7) is 2.26. The maximum Gasteiger partial charge on any atom is 0.343 e. The van der Waals surface area contributed by atoms with E-state index >= 15 is 0 Å². The molecule has 0 saturated carbocycles. The fourth-order valence-electron chi connectivity index (χ4n) is 2.70. The zero-order valence-electron chi connectivity index (χ0n) is 16.1. The van der Waals surface area contributed by atoms with Crippen LogP contribution in [0.4, 0.5) is 5.69 Å². The van der Waals surface area contributed by atoms with Crippen LogP contribution in [0.25, 0.3) is 0 Å². The van der Waals surface area contributed by atoms with Crippen molar-refractivity contribution in [2.45, 2.75) is 31.5 Å². The third-order valence-corrected chi connectivity index (χ3v) is 5.31. The van der Waals surface area contributed by atoms with E-state index in [-0.39, 0.29) is 23.1 Å². The van der Waals surface area contributed by atoms with E-state index in [1.165, 1.54) is 11.8 Å². The Bertz CT molecular complexity index is 1030. The average Bonchev–Trinajstić information content (AvgIpc) is 3.11. The minimum Gasteiger partial charge on any atom is -0.326 e. The van der Waals surface area contributed by atoms with Gasteiger partial charge in [0.25, 0.3) is 0 Å². The van der Waals surface area contributed by atoms with Gasteiger partial charge in [0.15, 0.2) is 10.9 Å². The summed E-state index contributed by atoms with van der Waals surface area (Å²) in [4.78, 5) is 35.9. The quantitative estimate of drug-likeness (QED) is 0.417. The van der Waals surface area contributed by atoms with Gasteiger partial charge in [-0.1, -0.05) is 49.0 Å². The first-order chi connectivity index (χ1) is 14.1. The second-order valence-electron chi connectivity index (χ2n) is 6.39. The van der Waals surface area contributed by atoms with Gasteiger partial charge in [0.1, 0.15) is 0 Å². The van der Waals surface area contributed by atoms with E-state index in [0.717, 1.165) is 5.56 Å². The lowest BCUT2D eigenvalue weighted by atomic mass is 10.1. The SMILES string of the molecule is CCC(=O)Nc1ccc(C(=O)CSc2n[nH]c(=O)n2CCc2ccccc2)cc1. The number of aryl methyl sites for hydroxylation is 1. The molecule has 0 radical (unpaired) electrons. The Morgan fingerprint density at radius 1 is 1.10 bits per heavy atom. The number of aromatic nitrogens is 3. The van der Waals surface area contributed by atoms with Gasteiger partial charge in [-0.25, -0.2) is 9.89 Å². The number of thioether (sulfide) groups is 1. The number of carbonyl (C=O) groups excluding carboxylic acids is 2. The summed E-state index contributed by atoms with van der Waals surface area (Å²) in [5.41, 5.74) is 2.04. The molecule has 0 spiro atoms. The molecule has 0 fully saturated rings. The Balaban J connectivity index is 1.59. The highest BCUT2D eigenvalue weighted by Gasteiger charge is 2.13. The predicted octanol–water partition coefficient (Wildman–Crippen LogP) is 3.14. The normalized spacial score (nSPS) is 10.7. The zero-order chi connectivity index (χ0) is 20.6. The van der Waals surface area contributed by atoms with Crippen LogP contribution in [-0.4, -0.2) is 32.2 Å². The van der Waals surface area contributed by atoms with Crippen molar-refractivity contribution >= 4 is 29.1 Å². The highest BCUT2D eigenvalue weighted by atomic mass is 32.2. The van der Waals surface area contributed by atoms with Gasteiger partial charge in [-0.05, 0) is 36.2 Å². The molecule has 0 aliphatic carbocycles. The smallest absolute Gasteiger partial charge is 0.326 e. The second-order valence-corrected chi connectivity index (χ2v) is 7.33. The van der Waals surface area contributed by atoms with Crippen molar-refractivity contribution in [2.24, 2.45) is 0 Å². The molecule has 0 saturated heterocycles. The standard InChI is InChI=1S/C21H22N4O3S/c1-2-19(27)22-17-10-8-16(9-11-17)18(26)14-29-21-24-23-20(28)25(21)13-12-15-6-4-3-5-7-15/h3-11H,2,12-14H2,1H3,(H,22,27)(H,23,28). The lowest BCUT2D eigenvalue weighted by Gasteiger charge is -2.07. The molecule has 3 aromatic rings. The Labute approximate surface area is 172 Å². The first-order valence-electron chi connectivity index (χ1n) is 9.32. The molecule has 0 bridgehead atoms. The minimum absolute atomic E-state index is 0.0755. The minimum atomic E-state index is -0.285. The Kier molecular flexibility index (Phi) is 7.02. The molecule has 1 amide bonds. The van der Waals surface area contributed by atoms with Crippen molar-refractivity contribution in [3.8, 4) is 0 Å². The second kappa shape index (κ2) is 9.88. The van der Waals surface area contributed by atoms with Gasteiger partial charge < -0.3 is 5.32 Å². The van der Waals surface area contributed by atoms with Gasteiger partial charge in [-0.15, -0.1) is 5.10 Å². The highest BCUT2D eigenvalue weighted by Crippen LogP contribution is 2.17. The Morgan fingerprint density at radius 2 is 1.83 bits per heavy atom. The van der Waals surface area contributed by atoms with Crippen LogP contribution in [-0.2, 0) is 17.8 Å². The number of amides is 1. The van der Waals surface area contributed by atoms with E-state index in [4.69, 9.17) is 0 Å². The summed E-state index contributed by atoms with van der Waals surface area (Å²) >= 11 is 1.23. The van der Waals surface area contributed by atoms with Crippen molar-refractivity contribution in [3.63, 3.8) is 0 Å². The van der Waals surface area contributed by atoms with Gasteiger partial charge in [-0.2, -0.15) is 0 Å². The van der Waals surface area contributed by atoms with Crippen LogP contribution in [0.2, 0.25) is 0 Å². The van der Waals surface area contributed by atoms with E-state index in [0.29, 0.717) is 35.8 Å². The number of hydrogen-bond acceptors (Lipinski definition) is 5. The van der Waals surface area contributed by atoms with Crippen molar-refractivity contribution in [1.29, 1.82) is 0 Å². The number of nitrogens with zero attached hydrogens (tertiary/aromatic N) is 2. The molecular weight excluding hydrogens is 388 g/mol. The van der Waals surface area contributed by atoms with Crippen LogP contribution in [0.1, 0.15) is 29.3 Å². The van der Waals surface area contributed by atoms with E-state index < -0.39 is 0 Å². The van der Waals surface area contributed by atoms with Crippen LogP contribution in [0, 0.1) is 0 Å². The lowest BCUT2D eigenvalue weighted by molar-refractivity contribution is -0.115. The third-order valence-electron chi connectivity index (χ3n) is 4.33. The first-order valence-corrected chi connectivity index (χ1v) is 10.3. The number of H-pyrrole nitrogens is 1. The third kappa shape index (κ3) is 5.68. The number of hydrogen-bond donors (Lipinski definition) is 2. The monoisotopic (exact) mass is 410 g/mol. The lowest BCUT2D eigenvalue weighted by Crippen LogP contribution is -2.19. The largest absolute Gasteiger partial charge is 0.343 e. The fourth-order valence-corrected chi connectivity index (χ4v) is 3.57. The van der Waals surface area contributed by atoms with Crippen molar-refractivity contribution in [3.05, 3.63) is 76.2 Å². The summed E-state index contributed by atoms with van der Waals surface area (Å²) in [7, 11) is 0. The van der Waals surface area contributed by atoms with Gasteiger partial charge in [0, 0.05) is 24.2 Å². The molecule has 2 N–H and O–H groups in total. The summed E-state index contributed by atoms with van der Waals surface area (Å²) in [6, 6.07) is 16.7. The van der Waals surface area contributed by atoms with Crippen molar-refractivity contribution in [2.75, 3.05) is 11.1 Å². The van der Waals surface area contributed by atoms with Gasteiger partial charge in [0.05, 0.1) is 5.75 Å². The molecule has 0 unspecified atom stereocenters. The molecular formula is C21H22N4O3S. The summed E-state index contributed by atoms with van der Waals surface area (Å²) < 4.78 is 1.55. The van der Waals surface area contributed by atoms with Crippen LogP contribution in [0.3, 0.4) is 0 Å². The fraction of sp³-hybridized carbons (Fsp3) is 0.238. The molecule has 0 atom stereocenters. The van der Waals surface area contributed by atoms with E-state index in [9.17, 15) is 14.4 Å². The number of Topliss-reactive ketones (excluding diaryl/α,β-unsaturated/α-hetero) is 1. The number of benzene rings is 2. The number of nitrogens with one attached hydrogen (secondary N) is 2. The molecule has 1 heterocycles. The first kappa shape index (κ1) is 20.6. The molecule has 29 heavy (non-hydrogen) atoms. The van der Waals surface area contributed by atoms with Gasteiger partial charge in [-0.3, -0.25) is 14.2 Å². The number of carbonyl (C=O) groups is 2. The molecule has 0 aliphatic rings. The molecule has 7 nitrogen and oxygen atoms in total. The summed E-state index contributed by atoms with van der Waals surface area (Å²) in [6.07, 6.45) is 1.10. The molecule has 0 aliphatic heterocycles. The van der Waals surface area contributed by atoms with Crippen molar-refractivity contribution < 1.29 is 9.59 Å². The number of rotatable bonds is 9. The number of aromatic amines is 1. The summed E-state index contributed by atoms with van der Waals surface area (Å²) in [5, 5.41) is 9.73. The Hall–Kier alpha value is -3.13. The maximum absolute atomic E-state index is 12.5. The average molecular weight is 410 g/mol. The van der Waals surface area contributed by atoms with E-state index in [1.54, 1.807) is 35.8 Å². The predicted molar refractivity (Wildman–Crippen MR) is 113 cm³/mol. The van der Waals surface area contributed by atoms with Gasteiger partial charge in [0.2, 0.25) is 5.91 Å². The molecule has 2 aromatic carbocycles. The van der Waals surface area contributed by atoms with Crippen LogP contribution in [0.15, 0.2) is 64.5 Å². The van der Waals surface area contributed by atoms with E-state index in [1.807, 2.05) is 30.3 Å². The maximum atomic E-state index is 12.5. The zero-order valence-corrected chi connectivity index (χ0v) is 16.9. The number of anilines is 1. The van der Waals surface area contributed by atoms with Crippen LogP contribution < -0.4 is 11.0 Å². The van der Waals surface area contributed by atoms with Gasteiger partial charge >= 0.3 is 5.69 Å². The van der Waals surface area contributed by atoms with E-state index in [2.05, 4.69) is 15.5 Å².